The highest BCUT2D eigenvalue weighted by molar-refractivity contribution is 5.64. The van der Waals surface area contributed by atoms with E-state index >= 15 is 0 Å². The van der Waals surface area contributed by atoms with E-state index < -0.39 is 12.1 Å². The zero-order chi connectivity index (χ0) is 21.0. The minimum absolute atomic E-state index is 0.178. The van der Waals surface area contributed by atoms with Gasteiger partial charge in [0.05, 0.1) is 24.2 Å². The van der Waals surface area contributed by atoms with E-state index in [1.54, 1.807) is 24.5 Å². The summed E-state index contributed by atoms with van der Waals surface area (Å²) < 4.78 is 49.7. The molecule has 0 saturated carbocycles. The molecule has 0 aliphatic rings. The minimum Gasteiger partial charge on any atom is -0.492 e. The maximum atomic E-state index is 12.6. The quantitative estimate of drug-likeness (QED) is 0.422. The van der Waals surface area contributed by atoms with Gasteiger partial charge in [0.15, 0.2) is 0 Å². The van der Waals surface area contributed by atoms with E-state index in [1.807, 2.05) is 16.9 Å². The number of halogens is 3. The van der Waals surface area contributed by atoms with E-state index in [-0.39, 0.29) is 5.82 Å². The topological polar surface area (TPSA) is 91.8 Å². The zero-order valence-electron chi connectivity index (χ0n) is 15.5. The molecule has 0 aliphatic carbocycles. The normalized spacial score (nSPS) is 11.6. The van der Waals surface area contributed by atoms with Crippen molar-refractivity contribution >= 4 is 0 Å². The van der Waals surface area contributed by atoms with Gasteiger partial charge in [-0.2, -0.15) is 23.3 Å². The summed E-state index contributed by atoms with van der Waals surface area (Å²) in [6, 6.07) is 8.36. The first kappa shape index (κ1) is 19.6. The molecular weight excluding hydrogens is 401 g/mol. The third-order valence-electron chi connectivity index (χ3n) is 4.04. The standard InChI is InChI=1S/C19H15F3N6O2/c20-19(21,22)18-26-17(27-30-18)13-5-7-23-16(11-13)15-4-3-14(12-24-15)29-10-2-9-28-8-1-6-25-28/h1,3-8,11-12H,2,9-10H2. The SMILES string of the molecule is FC(F)(F)c1nc(-c2ccnc(-c3ccc(OCCCn4cccn4)cn3)c2)no1. The fourth-order valence-electron chi connectivity index (χ4n) is 2.63. The molecule has 0 radical (unpaired) electrons. The summed E-state index contributed by atoms with van der Waals surface area (Å²) in [6.07, 6.45) is 2.70. The van der Waals surface area contributed by atoms with Crippen LogP contribution in [0.5, 0.6) is 5.75 Å². The molecule has 8 nitrogen and oxygen atoms in total. The Balaban J connectivity index is 1.40. The molecule has 0 unspecified atom stereocenters. The number of ether oxygens (including phenoxy) is 1. The third kappa shape index (κ3) is 4.62. The van der Waals surface area contributed by atoms with Crippen LogP contribution in [0, 0.1) is 0 Å². The molecule has 4 aromatic heterocycles. The van der Waals surface area contributed by atoms with Crippen LogP contribution in [0.3, 0.4) is 0 Å². The number of hydrogen-bond acceptors (Lipinski definition) is 7. The van der Waals surface area contributed by atoms with Crippen LogP contribution in [0.2, 0.25) is 0 Å². The Bertz CT molecular complexity index is 1090. The van der Waals surface area contributed by atoms with Crippen molar-refractivity contribution < 1.29 is 22.4 Å². The number of aromatic nitrogens is 6. The average Bonchev–Trinajstić information content (AvgIpc) is 3.44. The Morgan fingerprint density at radius 3 is 2.67 bits per heavy atom. The highest BCUT2D eigenvalue weighted by atomic mass is 19.4. The Morgan fingerprint density at radius 1 is 1.07 bits per heavy atom. The van der Waals surface area contributed by atoms with E-state index in [1.165, 1.54) is 18.3 Å². The Morgan fingerprint density at radius 2 is 1.97 bits per heavy atom. The van der Waals surface area contributed by atoms with Gasteiger partial charge >= 0.3 is 12.1 Å². The maximum Gasteiger partial charge on any atom is 0.471 e. The highest BCUT2D eigenvalue weighted by Gasteiger charge is 2.38. The lowest BCUT2D eigenvalue weighted by atomic mass is 10.1. The summed E-state index contributed by atoms with van der Waals surface area (Å²) in [5.41, 5.74) is 1.32. The molecule has 0 N–H and O–H groups in total. The number of nitrogens with zero attached hydrogens (tertiary/aromatic N) is 6. The van der Waals surface area contributed by atoms with Crippen molar-refractivity contribution in [2.45, 2.75) is 19.1 Å². The molecule has 0 saturated heterocycles. The Hall–Kier alpha value is -3.76. The van der Waals surface area contributed by atoms with Crippen LogP contribution in [0.25, 0.3) is 22.8 Å². The number of alkyl halides is 3. The second kappa shape index (κ2) is 8.31. The average molecular weight is 416 g/mol. The van der Waals surface area contributed by atoms with Crippen LogP contribution in [-0.4, -0.2) is 36.5 Å². The van der Waals surface area contributed by atoms with E-state index in [2.05, 4.69) is 29.7 Å². The highest BCUT2D eigenvalue weighted by Crippen LogP contribution is 2.30. The molecule has 4 heterocycles. The maximum absolute atomic E-state index is 12.6. The van der Waals surface area contributed by atoms with Gasteiger partial charge < -0.3 is 9.26 Å². The van der Waals surface area contributed by atoms with Gasteiger partial charge in [0.2, 0.25) is 5.82 Å². The molecule has 0 aromatic carbocycles. The van der Waals surface area contributed by atoms with Crippen molar-refractivity contribution in [1.29, 1.82) is 0 Å². The minimum atomic E-state index is -4.70. The molecular formula is C19H15F3N6O2. The number of aryl methyl sites for hydroxylation is 1. The molecule has 0 atom stereocenters. The molecule has 0 amide bonds. The van der Waals surface area contributed by atoms with Gasteiger partial charge in [-0.15, -0.1) is 0 Å². The van der Waals surface area contributed by atoms with E-state index in [0.29, 0.717) is 29.3 Å². The predicted octanol–water partition coefficient (Wildman–Crippen LogP) is 3.88. The summed E-state index contributed by atoms with van der Waals surface area (Å²) in [5, 5.41) is 7.50. The molecule has 4 aromatic rings. The van der Waals surface area contributed by atoms with Crippen molar-refractivity contribution in [3.05, 3.63) is 61.0 Å². The molecule has 30 heavy (non-hydrogen) atoms. The number of pyridine rings is 2. The monoisotopic (exact) mass is 416 g/mol. The van der Waals surface area contributed by atoms with Crippen molar-refractivity contribution in [3.8, 4) is 28.5 Å². The predicted molar refractivity (Wildman–Crippen MR) is 98.1 cm³/mol. The summed E-state index contributed by atoms with van der Waals surface area (Å²) >= 11 is 0. The summed E-state index contributed by atoms with van der Waals surface area (Å²) in [6.45, 7) is 1.26. The van der Waals surface area contributed by atoms with Gasteiger partial charge in [-0.1, -0.05) is 5.16 Å². The first-order valence-electron chi connectivity index (χ1n) is 8.93. The van der Waals surface area contributed by atoms with Gasteiger partial charge in [0.25, 0.3) is 0 Å². The smallest absolute Gasteiger partial charge is 0.471 e. The first-order chi connectivity index (χ1) is 14.5. The fraction of sp³-hybridized carbons (Fsp3) is 0.211. The van der Waals surface area contributed by atoms with Gasteiger partial charge in [-0.3, -0.25) is 14.6 Å². The summed E-state index contributed by atoms with van der Waals surface area (Å²) in [4.78, 5) is 11.9. The lowest BCUT2D eigenvalue weighted by Crippen LogP contribution is -2.05. The largest absolute Gasteiger partial charge is 0.492 e. The molecule has 0 bridgehead atoms. The summed E-state index contributed by atoms with van der Waals surface area (Å²) in [7, 11) is 0. The Labute approximate surface area is 168 Å². The lowest BCUT2D eigenvalue weighted by Gasteiger charge is -2.07. The second-order valence-corrected chi connectivity index (χ2v) is 6.20. The summed E-state index contributed by atoms with van der Waals surface area (Å²) in [5.74, 6) is -0.977. The van der Waals surface area contributed by atoms with Gasteiger partial charge in [0.1, 0.15) is 5.75 Å². The van der Waals surface area contributed by atoms with Crippen LogP contribution in [0.15, 0.2) is 59.6 Å². The van der Waals surface area contributed by atoms with Crippen LogP contribution >= 0.6 is 0 Å². The molecule has 0 fully saturated rings. The molecule has 11 heteroatoms. The zero-order valence-corrected chi connectivity index (χ0v) is 15.5. The first-order valence-corrected chi connectivity index (χ1v) is 8.93. The van der Waals surface area contributed by atoms with Crippen molar-refractivity contribution in [3.63, 3.8) is 0 Å². The van der Waals surface area contributed by atoms with Crippen LogP contribution in [0.4, 0.5) is 13.2 Å². The van der Waals surface area contributed by atoms with Crippen molar-refractivity contribution in [1.82, 2.24) is 29.9 Å². The van der Waals surface area contributed by atoms with Crippen molar-refractivity contribution in [2.24, 2.45) is 0 Å². The molecule has 0 spiro atoms. The lowest BCUT2D eigenvalue weighted by molar-refractivity contribution is -0.159. The van der Waals surface area contributed by atoms with E-state index in [0.717, 1.165) is 13.0 Å². The van der Waals surface area contributed by atoms with Gasteiger partial charge in [0, 0.05) is 37.1 Å². The van der Waals surface area contributed by atoms with Gasteiger partial charge in [-0.25, -0.2) is 0 Å². The van der Waals surface area contributed by atoms with Crippen LogP contribution in [-0.2, 0) is 12.7 Å². The van der Waals surface area contributed by atoms with Crippen LogP contribution < -0.4 is 4.74 Å². The molecule has 0 aliphatic heterocycles. The van der Waals surface area contributed by atoms with Gasteiger partial charge in [-0.05, 0) is 30.3 Å². The Kier molecular flexibility index (Phi) is 5.42. The second-order valence-electron chi connectivity index (χ2n) is 6.20. The molecule has 154 valence electrons. The fourth-order valence-corrected chi connectivity index (χ4v) is 2.63. The number of rotatable bonds is 7. The van der Waals surface area contributed by atoms with E-state index in [9.17, 15) is 13.2 Å². The van der Waals surface area contributed by atoms with Crippen molar-refractivity contribution in [2.75, 3.05) is 6.61 Å². The third-order valence-corrected chi connectivity index (χ3v) is 4.04. The molecule has 4 rings (SSSR count). The van der Waals surface area contributed by atoms with Crippen LogP contribution in [0.1, 0.15) is 12.3 Å². The number of hydrogen-bond donors (Lipinski definition) is 0. The van der Waals surface area contributed by atoms with E-state index in [4.69, 9.17) is 4.74 Å².